The molecule has 0 aromatic carbocycles. The second-order valence-electron chi connectivity index (χ2n) is 3.55. The first-order valence-corrected chi connectivity index (χ1v) is 5.33. The molecule has 15 heavy (non-hydrogen) atoms. The lowest BCUT2D eigenvalue weighted by Crippen LogP contribution is -2.18. The summed E-state index contributed by atoms with van der Waals surface area (Å²) in [5.74, 6) is -1.07. The third kappa shape index (κ3) is 4.38. The van der Waals surface area contributed by atoms with E-state index in [0.29, 0.717) is 19.3 Å². The third-order valence-corrected chi connectivity index (χ3v) is 2.52. The van der Waals surface area contributed by atoms with Crippen LogP contribution in [0.15, 0.2) is 12.2 Å². The van der Waals surface area contributed by atoms with Crippen molar-refractivity contribution in [2.75, 3.05) is 0 Å². The summed E-state index contributed by atoms with van der Waals surface area (Å²) in [7, 11) is 0. The summed E-state index contributed by atoms with van der Waals surface area (Å²) < 4.78 is 4.91. The molecule has 4 nitrogen and oxygen atoms in total. The Morgan fingerprint density at radius 1 is 1.40 bits per heavy atom. The van der Waals surface area contributed by atoms with Crippen LogP contribution >= 0.6 is 12.6 Å². The van der Waals surface area contributed by atoms with Crippen LogP contribution in [-0.4, -0.2) is 22.5 Å². The van der Waals surface area contributed by atoms with Gasteiger partial charge < -0.3 is 9.84 Å². The lowest BCUT2D eigenvalue weighted by Gasteiger charge is -2.17. The molecule has 1 aliphatic rings. The Balaban J connectivity index is 2.50. The summed E-state index contributed by atoms with van der Waals surface area (Å²) in [6, 6.07) is 0. The number of thiol groups is 1. The molecule has 0 amide bonds. The summed E-state index contributed by atoms with van der Waals surface area (Å²) in [5, 5.41) is 8.24. The minimum Gasteiger partial charge on any atom is -0.481 e. The highest BCUT2D eigenvalue weighted by Gasteiger charge is 2.19. The number of ether oxygens (including phenoxy) is 1. The largest absolute Gasteiger partial charge is 0.481 e. The average molecular weight is 230 g/mol. The van der Waals surface area contributed by atoms with Crippen molar-refractivity contribution >= 4 is 23.9 Å². The number of hydrogen-bond donors (Lipinski definition) is 2. The Labute approximate surface area is 93.7 Å². The van der Waals surface area contributed by atoms with E-state index >= 15 is 0 Å². The summed E-state index contributed by atoms with van der Waals surface area (Å²) in [5.41, 5.74) is 0. The molecule has 0 radical (unpaired) electrons. The minimum absolute atomic E-state index is 0.259. The highest BCUT2D eigenvalue weighted by Crippen LogP contribution is 2.20. The quantitative estimate of drug-likeness (QED) is 0.434. The first-order valence-electron chi connectivity index (χ1n) is 4.88. The second kappa shape index (κ2) is 5.80. The maximum atomic E-state index is 10.7. The summed E-state index contributed by atoms with van der Waals surface area (Å²) in [6.45, 7) is 0. The van der Waals surface area contributed by atoms with Crippen LogP contribution < -0.4 is 0 Å². The molecule has 0 aromatic heterocycles. The molecule has 2 atom stereocenters. The number of rotatable bonds is 2. The Bertz CT molecular complexity index is 275. The van der Waals surface area contributed by atoms with Crippen molar-refractivity contribution in [2.45, 2.75) is 31.8 Å². The van der Waals surface area contributed by atoms with Crippen LogP contribution in [-0.2, 0) is 9.53 Å². The van der Waals surface area contributed by atoms with Crippen molar-refractivity contribution in [2.24, 2.45) is 5.92 Å². The summed E-state index contributed by atoms with van der Waals surface area (Å²) >= 11 is 3.53. The molecule has 0 bridgehead atoms. The lowest BCUT2D eigenvalue weighted by molar-refractivity contribution is -0.142. The fraction of sp³-hybridized carbons (Fsp3) is 0.600. The Morgan fingerprint density at radius 2 is 2.13 bits per heavy atom. The van der Waals surface area contributed by atoms with Crippen LogP contribution in [0.2, 0.25) is 0 Å². The van der Waals surface area contributed by atoms with Crippen LogP contribution in [0.1, 0.15) is 25.7 Å². The van der Waals surface area contributed by atoms with Gasteiger partial charge in [-0.05, 0) is 31.8 Å². The number of carboxylic acids is 1. The van der Waals surface area contributed by atoms with Gasteiger partial charge in [0.25, 0.3) is 0 Å². The van der Waals surface area contributed by atoms with Crippen LogP contribution in [0.5, 0.6) is 0 Å². The molecule has 0 spiro atoms. The highest BCUT2D eigenvalue weighted by molar-refractivity contribution is 7.96. The average Bonchev–Trinajstić information content (AvgIpc) is 2.07. The topological polar surface area (TPSA) is 63.6 Å². The predicted molar refractivity (Wildman–Crippen MR) is 58.0 cm³/mol. The highest BCUT2D eigenvalue weighted by atomic mass is 32.1. The van der Waals surface area contributed by atoms with E-state index in [0.717, 1.165) is 6.42 Å². The van der Waals surface area contributed by atoms with Gasteiger partial charge in [-0.1, -0.05) is 18.7 Å². The van der Waals surface area contributed by atoms with Crippen molar-refractivity contribution in [3.63, 3.8) is 0 Å². The van der Waals surface area contributed by atoms with Crippen molar-refractivity contribution in [3.8, 4) is 0 Å². The molecule has 0 saturated carbocycles. The molecule has 0 aliphatic heterocycles. The molecule has 1 N–H and O–H groups in total. The van der Waals surface area contributed by atoms with Gasteiger partial charge in [-0.25, -0.2) is 4.79 Å². The van der Waals surface area contributed by atoms with E-state index < -0.39 is 11.3 Å². The minimum atomic E-state index is -0.760. The zero-order chi connectivity index (χ0) is 11.3. The zero-order valence-corrected chi connectivity index (χ0v) is 9.15. The molecular weight excluding hydrogens is 216 g/mol. The number of carboxylic acid groups (broad SMARTS) is 1. The summed E-state index contributed by atoms with van der Waals surface area (Å²) in [4.78, 5) is 21.3. The Hall–Kier alpha value is -0.970. The SMILES string of the molecule is O=C(S)OC1/C=C/CC(C(=O)O)CCC1. The zero-order valence-electron chi connectivity index (χ0n) is 8.26. The van der Waals surface area contributed by atoms with Crippen molar-refractivity contribution in [1.82, 2.24) is 0 Å². The molecular formula is C10H14O4S. The monoisotopic (exact) mass is 230 g/mol. The van der Waals surface area contributed by atoms with Gasteiger partial charge in [0, 0.05) is 0 Å². The maximum Gasteiger partial charge on any atom is 0.364 e. The normalized spacial score (nSPS) is 28.6. The van der Waals surface area contributed by atoms with Gasteiger partial charge in [0.1, 0.15) is 6.10 Å². The number of hydrogen-bond acceptors (Lipinski definition) is 3. The molecule has 5 heteroatoms. The fourth-order valence-electron chi connectivity index (χ4n) is 1.63. The molecule has 0 aromatic rings. The van der Waals surface area contributed by atoms with Gasteiger partial charge >= 0.3 is 11.3 Å². The van der Waals surface area contributed by atoms with Gasteiger partial charge in [-0.15, -0.1) is 0 Å². The number of aliphatic carboxylic acids is 1. The van der Waals surface area contributed by atoms with Crippen LogP contribution in [0.4, 0.5) is 4.79 Å². The smallest absolute Gasteiger partial charge is 0.364 e. The molecule has 0 heterocycles. The second-order valence-corrected chi connectivity index (χ2v) is 3.92. The van der Waals surface area contributed by atoms with Gasteiger partial charge in [0.15, 0.2) is 0 Å². The molecule has 1 aliphatic carbocycles. The van der Waals surface area contributed by atoms with Crippen molar-refractivity contribution in [3.05, 3.63) is 12.2 Å². The van der Waals surface area contributed by atoms with E-state index in [9.17, 15) is 9.59 Å². The number of carbonyl (C=O) groups excluding carboxylic acids is 1. The molecule has 84 valence electrons. The van der Waals surface area contributed by atoms with Crippen LogP contribution in [0.3, 0.4) is 0 Å². The van der Waals surface area contributed by atoms with E-state index in [1.165, 1.54) is 0 Å². The maximum absolute atomic E-state index is 10.7. The predicted octanol–water partition coefficient (Wildman–Crippen LogP) is 2.25. The van der Waals surface area contributed by atoms with Crippen molar-refractivity contribution < 1.29 is 19.4 Å². The Morgan fingerprint density at radius 3 is 2.73 bits per heavy atom. The summed E-state index contributed by atoms with van der Waals surface area (Å²) in [6.07, 6.45) is 5.77. The van der Waals surface area contributed by atoms with E-state index in [1.54, 1.807) is 12.2 Å². The molecule has 1 rings (SSSR count). The van der Waals surface area contributed by atoms with E-state index in [2.05, 4.69) is 12.6 Å². The standard InChI is InChI=1S/C10H14O4S/c11-9(12)7-3-1-5-8(6-2-4-7)14-10(13)15/h1,5,7-8H,2-4,6H2,(H,11,12)(H,13,15)/b5-1+. The first-order chi connectivity index (χ1) is 7.09. The van der Waals surface area contributed by atoms with Crippen LogP contribution in [0.25, 0.3) is 0 Å². The van der Waals surface area contributed by atoms with Gasteiger partial charge in [0.2, 0.25) is 0 Å². The van der Waals surface area contributed by atoms with Gasteiger partial charge in [-0.2, -0.15) is 0 Å². The van der Waals surface area contributed by atoms with Crippen LogP contribution in [0, 0.1) is 5.92 Å². The molecule has 0 fully saturated rings. The molecule has 2 unspecified atom stereocenters. The number of allylic oxidation sites excluding steroid dienone is 1. The van der Waals surface area contributed by atoms with E-state index in [-0.39, 0.29) is 12.0 Å². The van der Waals surface area contributed by atoms with Gasteiger partial charge in [-0.3, -0.25) is 4.79 Å². The lowest BCUT2D eigenvalue weighted by atomic mass is 9.94. The third-order valence-electron chi connectivity index (χ3n) is 2.41. The van der Waals surface area contributed by atoms with E-state index in [1.807, 2.05) is 0 Å². The Kier molecular flexibility index (Phi) is 4.68. The first kappa shape index (κ1) is 12.1. The van der Waals surface area contributed by atoms with Gasteiger partial charge in [0.05, 0.1) is 5.92 Å². The fourth-order valence-corrected chi connectivity index (χ4v) is 1.76. The van der Waals surface area contributed by atoms with E-state index in [4.69, 9.17) is 9.84 Å². The molecule has 0 saturated heterocycles. The van der Waals surface area contributed by atoms with Crippen molar-refractivity contribution in [1.29, 1.82) is 0 Å². The number of carbonyl (C=O) groups is 2.